The Kier molecular flexibility index (Phi) is 6.20. The van der Waals surface area contributed by atoms with Gasteiger partial charge in [-0.3, -0.25) is 19.8 Å². The molecule has 0 saturated carbocycles. The van der Waals surface area contributed by atoms with Gasteiger partial charge in [0, 0.05) is 55.6 Å². The SMILES string of the molecule is CC(C)n1c(CN2CCN(C)CC2)nc2cc(NC(=O)c3cccc([N+](=O)[O-])c3)ccc21. The molecule has 2 heterocycles. The largest absolute Gasteiger partial charge is 0.324 e. The topological polar surface area (TPSA) is 96.5 Å². The molecular weight excluding hydrogens is 408 g/mol. The number of piperazine rings is 1. The molecule has 1 saturated heterocycles. The fourth-order valence-corrected chi connectivity index (χ4v) is 4.08. The molecule has 0 bridgehead atoms. The number of hydrogen-bond acceptors (Lipinski definition) is 6. The van der Waals surface area contributed by atoms with Crippen molar-refractivity contribution in [2.24, 2.45) is 0 Å². The van der Waals surface area contributed by atoms with Gasteiger partial charge in [0.15, 0.2) is 0 Å². The van der Waals surface area contributed by atoms with E-state index in [9.17, 15) is 14.9 Å². The van der Waals surface area contributed by atoms with Crippen LogP contribution < -0.4 is 5.32 Å². The number of amides is 1. The summed E-state index contributed by atoms with van der Waals surface area (Å²) in [5.41, 5.74) is 2.57. The van der Waals surface area contributed by atoms with E-state index in [4.69, 9.17) is 4.98 Å². The first-order valence-electron chi connectivity index (χ1n) is 10.8. The molecule has 0 atom stereocenters. The van der Waals surface area contributed by atoms with E-state index in [1.165, 1.54) is 18.2 Å². The highest BCUT2D eigenvalue weighted by atomic mass is 16.6. The van der Waals surface area contributed by atoms with Crippen LogP contribution in [0.15, 0.2) is 42.5 Å². The fraction of sp³-hybridized carbons (Fsp3) is 0.391. The average Bonchev–Trinajstić information content (AvgIpc) is 3.12. The Morgan fingerprint density at radius 1 is 1.16 bits per heavy atom. The van der Waals surface area contributed by atoms with Gasteiger partial charge in [-0.2, -0.15) is 0 Å². The summed E-state index contributed by atoms with van der Waals surface area (Å²) in [5, 5.41) is 13.8. The minimum atomic E-state index is -0.511. The third-order valence-corrected chi connectivity index (χ3v) is 5.82. The van der Waals surface area contributed by atoms with E-state index in [0.29, 0.717) is 5.69 Å². The molecule has 2 aromatic carbocycles. The third-order valence-electron chi connectivity index (χ3n) is 5.82. The predicted molar refractivity (Wildman–Crippen MR) is 124 cm³/mol. The van der Waals surface area contributed by atoms with Crippen molar-refractivity contribution in [1.82, 2.24) is 19.4 Å². The molecule has 0 radical (unpaired) electrons. The number of nitro groups is 1. The zero-order valence-electron chi connectivity index (χ0n) is 18.6. The Labute approximate surface area is 186 Å². The van der Waals surface area contributed by atoms with Crippen molar-refractivity contribution in [3.63, 3.8) is 0 Å². The minimum Gasteiger partial charge on any atom is -0.324 e. The number of nitro benzene ring substituents is 1. The van der Waals surface area contributed by atoms with E-state index in [1.54, 1.807) is 6.07 Å². The molecule has 9 nitrogen and oxygen atoms in total. The van der Waals surface area contributed by atoms with Gasteiger partial charge in [-0.15, -0.1) is 0 Å². The second-order valence-corrected chi connectivity index (χ2v) is 8.54. The molecule has 1 amide bonds. The van der Waals surface area contributed by atoms with E-state index < -0.39 is 10.8 Å². The number of aromatic nitrogens is 2. The van der Waals surface area contributed by atoms with Crippen LogP contribution in [0.3, 0.4) is 0 Å². The maximum absolute atomic E-state index is 12.6. The number of benzene rings is 2. The van der Waals surface area contributed by atoms with E-state index in [0.717, 1.165) is 49.6 Å². The standard InChI is InChI=1S/C23H28N6O3/c1-16(2)28-21-8-7-18(24-23(30)17-5-4-6-19(13-17)29(31)32)14-20(21)25-22(28)15-27-11-9-26(3)10-12-27/h4-8,13-14,16H,9-12,15H2,1-3H3,(H,24,30). The van der Waals surface area contributed by atoms with E-state index in [2.05, 4.69) is 40.6 Å². The average molecular weight is 437 g/mol. The molecule has 1 aromatic heterocycles. The maximum Gasteiger partial charge on any atom is 0.270 e. The van der Waals surface area contributed by atoms with Crippen LogP contribution in [0.2, 0.25) is 0 Å². The molecule has 1 aliphatic rings. The summed E-state index contributed by atoms with van der Waals surface area (Å²) >= 11 is 0. The summed E-state index contributed by atoms with van der Waals surface area (Å²) < 4.78 is 2.25. The van der Waals surface area contributed by atoms with Gasteiger partial charge < -0.3 is 14.8 Å². The zero-order valence-corrected chi connectivity index (χ0v) is 18.6. The van der Waals surface area contributed by atoms with Gasteiger partial charge in [-0.05, 0) is 45.2 Å². The molecule has 0 spiro atoms. The first-order valence-corrected chi connectivity index (χ1v) is 10.8. The van der Waals surface area contributed by atoms with Gasteiger partial charge >= 0.3 is 0 Å². The lowest BCUT2D eigenvalue weighted by molar-refractivity contribution is -0.384. The quantitative estimate of drug-likeness (QED) is 0.469. The van der Waals surface area contributed by atoms with Crippen molar-refractivity contribution in [3.05, 3.63) is 64.0 Å². The summed E-state index contributed by atoms with van der Waals surface area (Å²) in [6.45, 7) is 9.21. The molecule has 3 aromatic rings. The molecule has 0 unspecified atom stereocenters. The molecular formula is C23H28N6O3. The number of non-ortho nitro benzene ring substituents is 1. The summed E-state index contributed by atoms with van der Waals surface area (Å²) in [7, 11) is 2.14. The maximum atomic E-state index is 12.6. The number of fused-ring (bicyclic) bond motifs is 1. The van der Waals surface area contributed by atoms with Gasteiger partial charge in [0.25, 0.3) is 11.6 Å². The fourth-order valence-electron chi connectivity index (χ4n) is 4.08. The highest BCUT2D eigenvalue weighted by Gasteiger charge is 2.20. The van der Waals surface area contributed by atoms with Crippen LogP contribution in [0.25, 0.3) is 11.0 Å². The van der Waals surface area contributed by atoms with Crippen molar-refractivity contribution >= 4 is 28.3 Å². The molecule has 1 aliphatic heterocycles. The Morgan fingerprint density at radius 3 is 2.59 bits per heavy atom. The molecule has 1 N–H and O–H groups in total. The van der Waals surface area contributed by atoms with Crippen LogP contribution in [-0.4, -0.2) is 63.4 Å². The lowest BCUT2D eigenvalue weighted by atomic mass is 10.2. The molecule has 4 rings (SSSR count). The first-order chi connectivity index (χ1) is 15.3. The second-order valence-electron chi connectivity index (χ2n) is 8.54. The van der Waals surface area contributed by atoms with Gasteiger partial charge in [0.05, 0.1) is 22.5 Å². The number of nitrogens with one attached hydrogen (secondary N) is 1. The minimum absolute atomic E-state index is 0.114. The van der Waals surface area contributed by atoms with Crippen molar-refractivity contribution in [1.29, 1.82) is 0 Å². The normalized spacial score (nSPS) is 15.4. The predicted octanol–water partition coefficient (Wildman–Crippen LogP) is 3.53. The number of hydrogen-bond donors (Lipinski definition) is 1. The van der Waals surface area contributed by atoms with Crippen molar-refractivity contribution in [3.8, 4) is 0 Å². The highest BCUT2D eigenvalue weighted by Crippen LogP contribution is 2.26. The Balaban J connectivity index is 1.57. The third kappa shape index (κ3) is 4.63. The van der Waals surface area contributed by atoms with Crippen molar-refractivity contribution in [2.75, 3.05) is 38.5 Å². The molecule has 9 heteroatoms. The van der Waals surface area contributed by atoms with Crippen LogP contribution >= 0.6 is 0 Å². The number of nitrogens with zero attached hydrogens (tertiary/aromatic N) is 5. The molecule has 32 heavy (non-hydrogen) atoms. The summed E-state index contributed by atoms with van der Waals surface area (Å²) in [6.07, 6.45) is 0. The molecule has 0 aliphatic carbocycles. The first kappa shape index (κ1) is 21.9. The van der Waals surface area contributed by atoms with Crippen molar-refractivity contribution < 1.29 is 9.72 Å². The van der Waals surface area contributed by atoms with Gasteiger partial charge in [0.2, 0.25) is 0 Å². The lowest BCUT2D eigenvalue weighted by Gasteiger charge is -2.32. The van der Waals surface area contributed by atoms with Crippen LogP contribution in [0.5, 0.6) is 0 Å². The van der Waals surface area contributed by atoms with Gasteiger partial charge in [0.1, 0.15) is 5.82 Å². The highest BCUT2D eigenvalue weighted by molar-refractivity contribution is 6.05. The number of anilines is 1. The van der Waals surface area contributed by atoms with Crippen LogP contribution in [0.1, 0.15) is 36.1 Å². The van der Waals surface area contributed by atoms with E-state index in [-0.39, 0.29) is 17.3 Å². The number of imidazole rings is 1. The number of likely N-dealkylation sites (N-methyl/N-ethyl adjacent to an activating group) is 1. The number of carbonyl (C=O) groups is 1. The lowest BCUT2D eigenvalue weighted by Crippen LogP contribution is -2.44. The Morgan fingerprint density at radius 2 is 1.91 bits per heavy atom. The van der Waals surface area contributed by atoms with Crippen molar-refractivity contribution in [2.45, 2.75) is 26.4 Å². The summed E-state index contributed by atoms with van der Waals surface area (Å²) in [6, 6.07) is 11.6. The van der Waals surface area contributed by atoms with E-state index in [1.807, 2.05) is 18.2 Å². The molecule has 1 fully saturated rings. The van der Waals surface area contributed by atoms with Gasteiger partial charge in [-0.25, -0.2) is 4.98 Å². The Bertz CT molecular complexity index is 1150. The van der Waals surface area contributed by atoms with Crippen LogP contribution in [0, 0.1) is 10.1 Å². The summed E-state index contributed by atoms with van der Waals surface area (Å²) in [5.74, 6) is 0.621. The number of carbonyl (C=O) groups excluding carboxylic acids is 1. The Hall–Kier alpha value is -3.30. The number of rotatable bonds is 6. The monoisotopic (exact) mass is 436 g/mol. The zero-order chi connectivity index (χ0) is 22.8. The molecule has 168 valence electrons. The van der Waals surface area contributed by atoms with Crippen LogP contribution in [-0.2, 0) is 6.54 Å². The van der Waals surface area contributed by atoms with E-state index >= 15 is 0 Å². The summed E-state index contributed by atoms with van der Waals surface area (Å²) in [4.78, 5) is 32.7. The second kappa shape index (κ2) is 9.05. The van der Waals surface area contributed by atoms with Gasteiger partial charge in [-0.1, -0.05) is 6.07 Å². The van der Waals surface area contributed by atoms with Crippen LogP contribution in [0.4, 0.5) is 11.4 Å². The smallest absolute Gasteiger partial charge is 0.270 e.